The van der Waals surface area contributed by atoms with Gasteiger partial charge in [0.2, 0.25) is 0 Å². The second kappa shape index (κ2) is 4.97. The van der Waals surface area contributed by atoms with Gasteiger partial charge in [-0.2, -0.15) is 13.2 Å². The van der Waals surface area contributed by atoms with Crippen molar-refractivity contribution in [3.05, 3.63) is 65.2 Å². The number of rotatable bonds is 2. The fourth-order valence-electron chi connectivity index (χ4n) is 1.64. The summed E-state index contributed by atoms with van der Waals surface area (Å²) < 4.78 is 50.5. The Bertz CT molecular complexity index is 566. The van der Waals surface area contributed by atoms with Gasteiger partial charge in [-0.1, -0.05) is 12.1 Å². The zero-order chi connectivity index (χ0) is 14.0. The highest BCUT2D eigenvalue weighted by Gasteiger charge is 2.30. The molecule has 0 amide bonds. The van der Waals surface area contributed by atoms with Crippen molar-refractivity contribution in [2.45, 2.75) is 12.3 Å². The number of benzene rings is 1. The van der Waals surface area contributed by atoms with Crippen LogP contribution in [0.3, 0.4) is 0 Å². The molecule has 1 N–H and O–H groups in total. The van der Waals surface area contributed by atoms with Crippen molar-refractivity contribution in [3.8, 4) is 0 Å². The van der Waals surface area contributed by atoms with Crippen LogP contribution in [0.2, 0.25) is 0 Å². The minimum atomic E-state index is -4.44. The monoisotopic (exact) mass is 271 g/mol. The average molecular weight is 271 g/mol. The van der Waals surface area contributed by atoms with E-state index in [0.717, 1.165) is 30.5 Å². The summed E-state index contributed by atoms with van der Waals surface area (Å²) in [7, 11) is 0. The van der Waals surface area contributed by atoms with Gasteiger partial charge < -0.3 is 5.11 Å². The van der Waals surface area contributed by atoms with Gasteiger partial charge in [0.1, 0.15) is 11.9 Å². The summed E-state index contributed by atoms with van der Waals surface area (Å²) in [5.74, 6) is -0.713. The van der Waals surface area contributed by atoms with Crippen LogP contribution in [-0.4, -0.2) is 10.1 Å². The van der Waals surface area contributed by atoms with Crippen LogP contribution in [0.25, 0.3) is 0 Å². The van der Waals surface area contributed by atoms with Gasteiger partial charge >= 0.3 is 6.18 Å². The highest BCUT2D eigenvalue weighted by molar-refractivity contribution is 5.32. The second-order valence-corrected chi connectivity index (χ2v) is 3.92. The van der Waals surface area contributed by atoms with E-state index >= 15 is 0 Å². The van der Waals surface area contributed by atoms with Crippen molar-refractivity contribution in [3.63, 3.8) is 0 Å². The van der Waals surface area contributed by atoms with E-state index in [4.69, 9.17) is 0 Å². The molecule has 0 saturated carbocycles. The third kappa shape index (κ3) is 2.90. The smallest absolute Gasteiger partial charge is 0.384 e. The molecule has 1 atom stereocenters. The molecule has 0 fully saturated rings. The van der Waals surface area contributed by atoms with Gasteiger partial charge in [-0.15, -0.1) is 0 Å². The molecule has 100 valence electrons. The Hall–Kier alpha value is -1.95. The molecule has 0 aliphatic rings. The number of halogens is 4. The molecule has 1 aromatic carbocycles. The minimum Gasteiger partial charge on any atom is -0.384 e. The van der Waals surface area contributed by atoms with Crippen molar-refractivity contribution in [1.82, 2.24) is 4.98 Å². The van der Waals surface area contributed by atoms with Gasteiger partial charge in [0.15, 0.2) is 0 Å². The highest BCUT2D eigenvalue weighted by atomic mass is 19.4. The lowest BCUT2D eigenvalue weighted by Gasteiger charge is -2.13. The molecule has 2 aromatic rings. The lowest BCUT2D eigenvalue weighted by molar-refractivity contribution is -0.137. The first-order valence-electron chi connectivity index (χ1n) is 5.34. The van der Waals surface area contributed by atoms with Gasteiger partial charge in [-0.3, -0.25) is 4.98 Å². The molecule has 0 aliphatic carbocycles. The Kier molecular flexibility index (Phi) is 3.53. The molecule has 1 heterocycles. The Labute approximate surface area is 106 Å². The van der Waals surface area contributed by atoms with E-state index in [0.29, 0.717) is 0 Å². The third-order valence-corrected chi connectivity index (χ3v) is 2.65. The lowest BCUT2D eigenvalue weighted by Crippen LogP contribution is -2.07. The molecule has 1 unspecified atom stereocenters. The van der Waals surface area contributed by atoms with Gasteiger partial charge in [-0.05, 0) is 23.8 Å². The van der Waals surface area contributed by atoms with Crippen molar-refractivity contribution in [2.75, 3.05) is 0 Å². The number of nitrogens with zero attached hydrogens (tertiary/aromatic N) is 1. The van der Waals surface area contributed by atoms with E-state index in [1.54, 1.807) is 0 Å². The van der Waals surface area contributed by atoms with E-state index < -0.39 is 23.7 Å². The summed E-state index contributed by atoms with van der Waals surface area (Å²) in [5.41, 5.74) is -0.675. The number of hydrogen-bond acceptors (Lipinski definition) is 2. The molecule has 2 nitrogen and oxygen atoms in total. The van der Waals surface area contributed by atoms with Crippen LogP contribution < -0.4 is 0 Å². The minimum absolute atomic E-state index is 0.0326. The quantitative estimate of drug-likeness (QED) is 0.850. The number of aliphatic hydroxyl groups is 1. The van der Waals surface area contributed by atoms with Gasteiger partial charge in [0.25, 0.3) is 0 Å². The van der Waals surface area contributed by atoms with Crippen LogP contribution in [0.1, 0.15) is 22.8 Å². The van der Waals surface area contributed by atoms with E-state index in [2.05, 4.69) is 4.98 Å². The molecule has 0 saturated heterocycles. The summed E-state index contributed by atoms with van der Waals surface area (Å²) in [6.07, 6.45) is -3.54. The number of aliphatic hydroxyl groups excluding tert-OH is 1. The summed E-state index contributed by atoms with van der Waals surface area (Å²) in [6, 6.07) is 5.20. The first-order chi connectivity index (χ1) is 8.89. The molecule has 2 rings (SSSR count). The number of alkyl halides is 3. The number of aromatic nitrogens is 1. The zero-order valence-corrected chi connectivity index (χ0v) is 9.53. The summed E-state index contributed by atoms with van der Waals surface area (Å²) in [4.78, 5) is 3.53. The highest BCUT2D eigenvalue weighted by Crippen LogP contribution is 2.31. The summed E-state index contributed by atoms with van der Waals surface area (Å²) in [5, 5.41) is 9.92. The Balaban J connectivity index is 2.31. The Morgan fingerprint density at radius 2 is 1.68 bits per heavy atom. The fraction of sp³-hybridized carbons (Fsp3) is 0.154. The van der Waals surface area contributed by atoms with Crippen LogP contribution in [0, 0.1) is 5.82 Å². The van der Waals surface area contributed by atoms with E-state index in [-0.39, 0.29) is 11.1 Å². The van der Waals surface area contributed by atoms with Crippen LogP contribution in [0.5, 0.6) is 0 Å². The molecule has 0 aliphatic heterocycles. The maximum absolute atomic E-state index is 13.4. The van der Waals surface area contributed by atoms with Crippen molar-refractivity contribution < 1.29 is 22.7 Å². The maximum Gasteiger partial charge on any atom is 0.416 e. The topological polar surface area (TPSA) is 33.1 Å². The maximum atomic E-state index is 13.4. The molecular weight excluding hydrogens is 262 g/mol. The number of pyridine rings is 1. The lowest BCUT2D eigenvalue weighted by atomic mass is 10.0. The SMILES string of the molecule is OC(c1ccc(C(F)(F)F)cc1)c1ccncc1F. The predicted octanol–water partition coefficient (Wildman–Crippen LogP) is 3.32. The first kappa shape index (κ1) is 13.5. The predicted molar refractivity (Wildman–Crippen MR) is 59.7 cm³/mol. The van der Waals surface area contributed by atoms with Crippen molar-refractivity contribution >= 4 is 0 Å². The summed E-state index contributed by atoms with van der Waals surface area (Å²) in [6.45, 7) is 0. The zero-order valence-electron chi connectivity index (χ0n) is 9.53. The molecule has 19 heavy (non-hydrogen) atoms. The van der Waals surface area contributed by atoms with Crippen LogP contribution in [0.15, 0.2) is 42.7 Å². The van der Waals surface area contributed by atoms with Crippen LogP contribution in [-0.2, 0) is 6.18 Å². The molecule has 6 heteroatoms. The third-order valence-electron chi connectivity index (χ3n) is 2.65. The standard InChI is InChI=1S/C13H9F4NO/c14-11-7-18-6-5-10(11)12(19)8-1-3-9(4-2-8)13(15,16)17/h1-7,12,19H. The normalized spacial score (nSPS) is 13.3. The van der Waals surface area contributed by atoms with Crippen LogP contribution in [0.4, 0.5) is 17.6 Å². The van der Waals surface area contributed by atoms with Gasteiger partial charge in [0, 0.05) is 11.8 Å². The molecule has 0 spiro atoms. The van der Waals surface area contributed by atoms with E-state index in [1.165, 1.54) is 12.3 Å². The average Bonchev–Trinajstić information content (AvgIpc) is 2.38. The molecule has 1 aromatic heterocycles. The second-order valence-electron chi connectivity index (χ2n) is 3.92. The van der Waals surface area contributed by atoms with E-state index in [1.807, 2.05) is 0 Å². The van der Waals surface area contributed by atoms with Crippen LogP contribution >= 0.6 is 0 Å². The first-order valence-corrected chi connectivity index (χ1v) is 5.34. The van der Waals surface area contributed by atoms with Gasteiger partial charge in [-0.25, -0.2) is 4.39 Å². The van der Waals surface area contributed by atoms with Crippen molar-refractivity contribution in [2.24, 2.45) is 0 Å². The van der Waals surface area contributed by atoms with Gasteiger partial charge in [0.05, 0.1) is 11.8 Å². The number of hydrogen-bond donors (Lipinski definition) is 1. The molecule has 0 radical (unpaired) electrons. The largest absolute Gasteiger partial charge is 0.416 e. The van der Waals surface area contributed by atoms with E-state index in [9.17, 15) is 22.7 Å². The van der Waals surface area contributed by atoms with Crippen molar-refractivity contribution in [1.29, 1.82) is 0 Å². The Morgan fingerprint density at radius 3 is 2.21 bits per heavy atom. The Morgan fingerprint density at radius 1 is 1.05 bits per heavy atom. The molecule has 0 bridgehead atoms. The molecular formula is C13H9F4NO. The fourth-order valence-corrected chi connectivity index (χ4v) is 1.64. The summed E-state index contributed by atoms with van der Waals surface area (Å²) >= 11 is 0.